The average molecular weight is 382 g/mol. The Morgan fingerprint density at radius 3 is 2.25 bits per heavy atom. The van der Waals surface area contributed by atoms with Gasteiger partial charge in [-0.3, -0.25) is 0 Å². The van der Waals surface area contributed by atoms with Gasteiger partial charge < -0.3 is 9.64 Å². The van der Waals surface area contributed by atoms with Crippen LogP contribution in [-0.4, -0.2) is 32.1 Å². The molecular formula is C26H39NO. The molecule has 2 heteroatoms. The number of nitrogens with zero attached hydrogens (tertiary/aromatic N) is 1. The minimum atomic E-state index is 0.647. The molecule has 0 aliphatic carbocycles. The minimum absolute atomic E-state index is 0.647. The van der Waals surface area contributed by atoms with Gasteiger partial charge in [-0.1, -0.05) is 44.2 Å². The van der Waals surface area contributed by atoms with Crippen LogP contribution in [0, 0.1) is 26.7 Å². The zero-order valence-electron chi connectivity index (χ0n) is 19.0. The van der Waals surface area contributed by atoms with Crippen molar-refractivity contribution in [2.45, 2.75) is 59.8 Å². The number of likely N-dealkylation sites (N-methyl/N-ethyl adjacent to an activating group) is 1. The average Bonchev–Trinajstić information content (AvgIpc) is 2.66. The first-order valence-corrected chi connectivity index (χ1v) is 10.7. The van der Waals surface area contributed by atoms with E-state index in [0.29, 0.717) is 11.8 Å². The molecule has 0 aromatic heterocycles. The van der Waals surface area contributed by atoms with Crippen molar-refractivity contribution in [1.29, 1.82) is 0 Å². The van der Waals surface area contributed by atoms with E-state index in [-0.39, 0.29) is 0 Å². The predicted molar refractivity (Wildman–Crippen MR) is 122 cm³/mol. The zero-order chi connectivity index (χ0) is 20.7. The van der Waals surface area contributed by atoms with E-state index in [1.807, 2.05) is 0 Å². The molecule has 0 amide bonds. The number of benzene rings is 2. The van der Waals surface area contributed by atoms with Crippen LogP contribution in [0.25, 0.3) is 0 Å². The monoisotopic (exact) mass is 381 g/mol. The number of methoxy groups -OCH3 is 1. The van der Waals surface area contributed by atoms with Crippen LogP contribution in [0.3, 0.4) is 0 Å². The van der Waals surface area contributed by atoms with Crippen LogP contribution in [0.15, 0.2) is 36.4 Å². The Bertz CT molecular complexity index is 750. The van der Waals surface area contributed by atoms with Gasteiger partial charge in [0.25, 0.3) is 0 Å². The van der Waals surface area contributed by atoms with E-state index >= 15 is 0 Å². The smallest absolute Gasteiger partial charge is 0.122 e. The highest BCUT2D eigenvalue weighted by Crippen LogP contribution is 2.30. The first kappa shape index (κ1) is 22.5. The number of hydrogen-bond acceptors (Lipinski definition) is 2. The molecule has 0 saturated heterocycles. The van der Waals surface area contributed by atoms with Gasteiger partial charge in [0.15, 0.2) is 0 Å². The van der Waals surface area contributed by atoms with Gasteiger partial charge in [-0.15, -0.1) is 0 Å². The normalized spacial score (nSPS) is 12.6. The molecule has 2 nitrogen and oxygen atoms in total. The summed E-state index contributed by atoms with van der Waals surface area (Å²) in [6.45, 7) is 13.5. The Labute approximate surface area is 172 Å². The minimum Gasteiger partial charge on any atom is -0.496 e. The van der Waals surface area contributed by atoms with E-state index in [4.69, 9.17) is 4.74 Å². The molecule has 2 rings (SSSR count). The van der Waals surface area contributed by atoms with Crippen LogP contribution < -0.4 is 4.74 Å². The highest BCUT2D eigenvalue weighted by molar-refractivity contribution is 5.36. The van der Waals surface area contributed by atoms with Crippen molar-refractivity contribution in [1.82, 2.24) is 4.90 Å². The summed E-state index contributed by atoms with van der Waals surface area (Å²) in [6.07, 6.45) is 3.56. The molecule has 0 aliphatic heterocycles. The lowest BCUT2D eigenvalue weighted by Gasteiger charge is -2.24. The van der Waals surface area contributed by atoms with Gasteiger partial charge in [0.2, 0.25) is 0 Å². The standard InChI is InChI=1S/C26H39NO/c1-19(2)25(24-13-11-20(3)22(5)17-24)9-8-15-27(6)16-14-23-12-10-21(4)26(18-23)28-7/h10-13,17-19,25H,8-9,14-16H2,1-7H3. The Hall–Kier alpha value is -1.80. The van der Waals surface area contributed by atoms with Crippen LogP contribution in [0.5, 0.6) is 5.75 Å². The molecule has 0 spiro atoms. The van der Waals surface area contributed by atoms with Crippen LogP contribution in [0.2, 0.25) is 0 Å². The molecule has 0 bridgehead atoms. The van der Waals surface area contributed by atoms with Crippen LogP contribution in [-0.2, 0) is 6.42 Å². The van der Waals surface area contributed by atoms with E-state index < -0.39 is 0 Å². The Morgan fingerprint density at radius 2 is 1.61 bits per heavy atom. The fraction of sp³-hybridized carbons (Fsp3) is 0.538. The third kappa shape index (κ3) is 6.38. The lowest BCUT2D eigenvalue weighted by atomic mass is 9.83. The van der Waals surface area contributed by atoms with Crippen molar-refractivity contribution < 1.29 is 4.74 Å². The summed E-state index contributed by atoms with van der Waals surface area (Å²) >= 11 is 0. The molecule has 1 atom stereocenters. The first-order valence-electron chi connectivity index (χ1n) is 10.7. The van der Waals surface area contributed by atoms with Gasteiger partial charge in [-0.05, 0) is 99.3 Å². The second-order valence-corrected chi connectivity index (χ2v) is 8.69. The van der Waals surface area contributed by atoms with E-state index in [9.17, 15) is 0 Å². The van der Waals surface area contributed by atoms with Gasteiger partial charge in [-0.2, -0.15) is 0 Å². The summed E-state index contributed by atoms with van der Waals surface area (Å²) in [5.41, 5.74) is 6.86. The highest BCUT2D eigenvalue weighted by Gasteiger charge is 2.16. The Balaban J connectivity index is 1.84. The third-order valence-electron chi connectivity index (χ3n) is 6.07. The van der Waals surface area contributed by atoms with Crippen molar-refractivity contribution in [3.05, 3.63) is 64.2 Å². The maximum Gasteiger partial charge on any atom is 0.122 e. The largest absolute Gasteiger partial charge is 0.496 e. The summed E-state index contributed by atoms with van der Waals surface area (Å²) in [5, 5.41) is 0. The fourth-order valence-electron chi connectivity index (χ4n) is 3.91. The van der Waals surface area contributed by atoms with Gasteiger partial charge in [0.1, 0.15) is 5.75 Å². The second kappa shape index (κ2) is 10.7. The Morgan fingerprint density at radius 1 is 0.893 bits per heavy atom. The van der Waals surface area contributed by atoms with Crippen molar-refractivity contribution in [2.24, 2.45) is 5.92 Å². The van der Waals surface area contributed by atoms with Crippen molar-refractivity contribution in [2.75, 3.05) is 27.2 Å². The molecule has 0 saturated carbocycles. The number of ether oxygens (including phenoxy) is 1. The molecule has 28 heavy (non-hydrogen) atoms. The molecule has 0 fully saturated rings. The summed E-state index contributed by atoms with van der Waals surface area (Å²) in [7, 11) is 3.99. The van der Waals surface area contributed by atoms with E-state index in [2.05, 4.69) is 83.0 Å². The summed E-state index contributed by atoms with van der Waals surface area (Å²) in [4.78, 5) is 2.46. The molecule has 1 unspecified atom stereocenters. The van der Waals surface area contributed by atoms with Gasteiger partial charge in [-0.25, -0.2) is 0 Å². The van der Waals surface area contributed by atoms with Crippen molar-refractivity contribution in [3.8, 4) is 5.75 Å². The molecule has 0 aliphatic rings. The fourth-order valence-corrected chi connectivity index (χ4v) is 3.91. The predicted octanol–water partition coefficient (Wildman–Crippen LogP) is 6.31. The van der Waals surface area contributed by atoms with Crippen LogP contribution in [0.1, 0.15) is 60.4 Å². The summed E-state index contributed by atoms with van der Waals surface area (Å²) in [6, 6.07) is 13.6. The van der Waals surface area contributed by atoms with Crippen LogP contribution in [0.4, 0.5) is 0 Å². The molecule has 0 N–H and O–H groups in total. The van der Waals surface area contributed by atoms with Gasteiger partial charge >= 0.3 is 0 Å². The topological polar surface area (TPSA) is 12.5 Å². The lowest BCUT2D eigenvalue weighted by Crippen LogP contribution is -2.23. The van der Waals surface area contributed by atoms with Crippen LogP contribution >= 0.6 is 0 Å². The van der Waals surface area contributed by atoms with Gasteiger partial charge in [0, 0.05) is 6.54 Å². The van der Waals surface area contributed by atoms with Crippen molar-refractivity contribution in [3.63, 3.8) is 0 Å². The zero-order valence-corrected chi connectivity index (χ0v) is 19.0. The molecule has 0 radical (unpaired) electrons. The first-order chi connectivity index (χ1) is 13.3. The molecule has 154 valence electrons. The third-order valence-corrected chi connectivity index (χ3v) is 6.07. The SMILES string of the molecule is COc1cc(CCN(C)CCCC(c2ccc(C)c(C)c2)C(C)C)ccc1C. The van der Waals surface area contributed by atoms with Gasteiger partial charge in [0.05, 0.1) is 7.11 Å². The number of rotatable bonds is 10. The highest BCUT2D eigenvalue weighted by atomic mass is 16.5. The summed E-state index contributed by atoms with van der Waals surface area (Å²) in [5.74, 6) is 2.31. The molecule has 2 aromatic carbocycles. The molecular weight excluding hydrogens is 342 g/mol. The number of aryl methyl sites for hydroxylation is 3. The van der Waals surface area contributed by atoms with Crippen molar-refractivity contribution >= 4 is 0 Å². The Kier molecular flexibility index (Phi) is 8.57. The van der Waals surface area contributed by atoms with E-state index in [0.717, 1.165) is 25.3 Å². The number of hydrogen-bond donors (Lipinski definition) is 0. The maximum atomic E-state index is 5.45. The van der Waals surface area contributed by atoms with E-state index in [1.165, 1.54) is 40.7 Å². The molecule has 2 aromatic rings. The quantitative estimate of drug-likeness (QED) is 0.478. The molecule has 0 heterocycles. The van der Waals surface area contributed by atoms with E-state index in [1.54, 1.807) is 7.11 Å². The maximum absolute atomic E-state index is 5.45. The second-order valence-electron chi connectivity index (χ2n) is 8.69. The lowest BCUT2D eigenvalue weighted by molar-refractivity contribution is 0.316. The summed E-state index contributed by atoms with van der Waals surface area (Å²) < 4.78 is 5.45.